The molecule has 0 aromatic heterocycles. The molecule has 3 aromatic rings. The van der Waals surface area contributed by atoms with Gasteiger partial charge in [-0.2, -0.15) is 10.1 Å². The standard InChI is InChI=1S/C25H18ClN3O5/c1-16-22(25(31)28(27-16)24(30)18-5-3-2-4-6-18)14-19-13-20(26)9-12-23(19)34-15-17-7-10-21(11-8-17)29(32)33/h2-14H,15H2,1H3/b22-14+. The number of hydrazone groups is 1. The van der Waals surface area contributed by atoms with Crippen LogP contribution in [0.15, 0.2) is 83.5 Å². The molecule has 0 aliphatic carbocycles. The number of hydrogen-bond donors (Lipinski definition) is 0. The first-order chi connectivity index (χ1) is 16.3. The molecule has 2 amide bonds. The molecule has 0 radical (unpaired) electrons. The molecule has 1 aliphatic heterocycles. The van der Waals surface area contributed by atoms with Crippen molar-refractivity contribution < 1.29 is 19.2 Å². The summed E-state index contributed by atoms with van der Waals surface area (Å²) in [6.45, 7) is 1.79. The summed E-state index contributed by atoms with van der Waals surface area (Å²) in [6.07, 6.45) is 1.58. The van der Waals surface area contributed by atoms with Gasteiger partial charge in [-0.3, -0.25) is 19.7 Å². The van der Waals surface area contributed by atoms with E-state index in [2.05, 4.69) is 5.10 Å². The average molecular weight is 476 g/mol. The molecule has 0 fully saturated rings. The fourth-order valence-corrected chi connectivity index (χ4v) is 3.50. The Morgan fingerprint density at radius 1 is 1.12 bits per heavy atom. The summed E-state index contributed by atoms with van der Waals surface area (Å²) in [6, 6.07) is 19.4. The number of halogens is 1. The molecule has 0 spiro atoms. The molecule has 0 saturated heterocycles. The fourth-order valence-electron chi connectivity index (χ4n) is 3.32. The Morgan fingerprint density at radius 3 is 2.50 bits per heavy atom. The molecule has 0 unspecified atom stereocenters. The van der Waals surface area contributed by atoms with Gasteiger partial charge in [-0.15, -0.1) is 0 Å². The highest BCUT2D eigenvalue weighted by molar-refractivity contribution is 6.32. The van der Waals surface area contributed by atoms with Gasteiger partial charge >= 0.3 is 0 Å². The van der Waals surface area contributed by atoms with Gasteiger partial charge in [0.05, 0.1) is 16.2 Å². The molecule has 1 aliphatic rings. The second-order valence-electron chi connectivity index (χ2n) is 7.43. The summed E-state index contributed by atoms with van der Waals surface area (Å²) in [7, 11) is 0. The Bertz CT molecular complexity index is 1330. The number of imide groups is 1. The molecular formula is C25H18ClN3O5. The van der Waals surface area contributed by atoms with Crippen molar-refractivity contribution in [3.05, 3.63) is 110 Å². The van der Waals surface area contributed by atoms with Gasteiger partial charge in [-0.1, -0.05) is 29.8 Å². The second kappa shape index (κ2) is 9.68. The zero-order chi connectivity index (χ0) is 24.2. The van der Waals surface area contributed by atoms with E-state index in [1.165, 1.54) is 12.1 Å². The maximum atomic E-state index is 13.0. The fraction of sp³-hybridized carbons (Fsp3) is 0.0800. The second-order valence-corrected chi connectivity index (χ2v) is 7.86. The van der Waals surface area contributed by atoms with E-state index in [-0.39, 0.29) is 17.9 Å². The van der Waals surface area contributed by atoms with Gasteiger partial charge < -0.3 is 4.74 Å². The topological polar surface area (TPSA) is 102 Å². The van der Waals surface area contributed by atoms with Gasteiger partial charge in [0.2, 0.25) is 0 Å². The maximum Gasteiger partial charge on any atom is 0.283 e. The Labute approximate surface area is 199 Å². The smallest absolute Gasteiger partial charge is 0.283 e. The summed E-state index contributed by atoms with van der Waals surface area (Å²) < 4.78 is 5.90. The molecule has 0 saturated carbocycles. The number of benzene rings is 3. The molecule has 34 heavy (non-hydrogen) atoms. The highest BCUT2D eigenvalue weighted by Crippen LogP contribution is 2.29. The van der Waals surface area contributed by atoms with Gasteiger partial charge in [0, 0.05) is 28.3 Å². The molecule has 0 N–H and O–H groups in total. The monoisotopic (exact) mass is 475 g/mol. The van der Waals surface area contributed by atoms with Gasteiger partial charge in [0.25, 0.3) is 17.5 Å². The molecule has 3 aromatic carbocycles. The van der Waals surface area contributed by atoms with Crippen LogP contribution in [0.1, 0.15) is 28.4 Å². The third kappa shape index (κ3) is 4.87. The number of nitrogens with zero attached hydrogens (tertiary/aromatic N) is 3. The zero-order valence-electron chi connectivity index (χ0n) is 18.0. The summed E-state index contributed by atoms with van der Waals surface area (Å²) in [5.41, 5.74) is 2.23. The number of rotatable bonds is 6. The molecule has 9 heteroatoms. The minimum atomic E-state index is -0.548. The minimum absolute atomic E-state index is 0.00947. The number of carbonyl (C=O) groups is 2. The van der Waals surface area contributed by atoms with Crippen molar-refractivity contribution in [2.45, 2.75) is 13.5 Å². The average Bonchev–Trinajstić information content (AvgIpc) is 3.12. The molecule has 1 heterocycles. The van der Waals surface area contributed by atoms with Crippen molar-refractivity contribution in [2.75, 3.05) is 0 Å². The number of hydrogen-bond acceptors (Lipinski definition) is 6. The number of non-ortho nitro benzene ring substituents is 1. The Morgan fingerprint density at radius 2 is 1.82 bits per heavy atom. The lowest BCUT2D eigenvalue weighted by Gasteiger charge is -2.11. The Balaban J connectivity index is 1.57. The van der Waals surface area contributed by atoms with E-state index in [1.807, 2.05) is 0 Å². The number of carbonyl (C=O) groups excluding carboxylic acids is 2. The maximum absolute atomic E-state index is 13.0. The Hall–Kier alpha value is -4.30. The quantitative estimate of drug-likeness (QED) is 0.209. The van der Waals surface area contributed by atoms with E-state index >= 15 is 0 Å². The summed E-state index contributed by atoms with van der Waals surface area (Å²) in [4.78, 5) is 36.1. The van der Waals surface area contributed by atoms with Crippen molar-refractivity contribution in [1.29, 1.82) is 0 Å². The molecule has 4 rings (SSSR count). The normalized spacial score (nSPS) is 14.3. The van der Waals surface area contributed by atoms with Gasteiger partial charge in [0.1, 0.15) is 12.4 Å². The summed E-state index contributed by atoms with van der Waals surface area (Å²) >= 11 is 6.17. The molecule has 0 bridgehead atoms. The number of nitro groups is 1. The van der Waals surface area contributed by atoms with Crippen LogP contribution in [-0.4, -0.2) is 27.5 Å². The summed E-state index contributed by atoms with van der Waals surface area (Å²) in [5, 5.41) is 16.3. The first-order valence-electron chi connectivity index (χ1n) is 10.2. The van der Waals surface area contributed by atoms with Gasteiger partial charge in [-0.05, 0) is 61.0 Å². The van der Waals surface area contributed by atoms with E-state index in [9.17, 15) is 19.7 Å². The molecule has 8 nitrogen and oxygen atoms in total. The number of amides is 2. The predicted octanol–water partition coefficient (Wildman–Crippen LogP) is 5.27. The van der Waals surface area contributed by atoms with Crippen LogP contribution in [0.25, 0.3) is 6.08 Å². The number of nitro benzene ring substituents is 1. The van der Waals surface area contributed by atoms with Gasteiger partial charge in [-0.25, -0.2) is 0 Å². The Kier molecular flexibility index (Phi) is 6.51. The van der Waals surface area contributed by atoms with E-state index in [0.29, 0.717) is 27.6 Å². The van der Waals surface area contributed by atoms with Crippen LogP contribution in [0.2, 0.25) is 5.02 Å². The first kappa shape index (κ1) is 22.9. The first-order valence-corrected chi connectivity index (χ1v) is 10.6. The SMILES string of the molecule is CC1=NN(C(=O)c2ccccc2)C(=O)/C1=C/c1cc(Cl)ccc1OCc1ccc([N+](=O)[O-])cc1. The highest BCUT2D eigenvalue weighted by atomic mass is 35.5. The molecule has 170 valence electrons. The lowest BCUT2D eigenvalue weighted by atomic mass is 10.1. The van der Waals surface area contributed by atoms with Crippen LogP contribution in [0.4, 0.5) is 5.69 Å². The van der Waals surface area contributed by atoms with Crippen LogP contribution in [-0.2, 0) is 11.4 Å². The van der Waals surface area contributed by atoms with E-state index in [4.69, 9.17) is 16.3 Å². The van der Waals surface area contributed by atoms with E-state index < -0.39 is 16.7 Å². The molecular weight excluding hydrogens is 458 g/mol. The van der Waals surface area contributed by atoms with E-state index in [0.717, 1.165) is 10.6 Å². The van der Waals surface area contributed by atoms with Crippen LogP contribution in [0.5, 0.6) is 5.75 Å². The van der Waals surface area contributed by atoms with Crippen LogP contribution in [0.3, 0.4) is 0 Å². The van der Waals surface area contributed by atoms with Gasteiger partial charge in [0.15, 0.2) is 0 Å². The van der Waals surface area contributed by atoms with Crippen molar-refractivity contribution in [1.82, 2.24) is 5.01 Å². The van der Waals surface area contributed by atoms with Crippen LogP contribution in [0, 0.1) is 10.1 Å². The number of ether oxygens (including phenoxy) is 1. The van der Waals surface area contributed by atoms with Crippen molar-refractivity contribution in [3.8, 4) is 5.75 Å². The zero-order valence-corrected chi connectivity index (χ0v) is 18.7. The van der Waals surface area contributed by atoms with Crippen molar-refractivity contribution in [3.63, 3.8) is 0 Å². The summed E-state index contributed by atoms with van der Waals surface area (Å²) in [5.74, 6) is -0.620. The lowest BCUT2D eigenvalue weighted by molar-refractivity contribution is -0.384. The third-order valence-corrected chi connectivity index (χ3v) is 5.32. The lowest BCUT2D eigenvalue weighted by Crippen LogP contribution is -2.29. The molecule has 0 atom stereocenters. The van der Waals surface area contributed by atoms with Crippen LogP contribution < -0.4 is 4.74 Å². The predicted molar refractivity (Wildman–Crippen MR) is 128 cm³/mol. The van der Waals surface area contributed by atoms with E-state index in [1.54, 1.807) is 73.7 Å². The van der Waals surface area contributed by atoms with Crippen molar-refractivity contribution in [2.24, 2.45) is 5.10 Å². The largest absolute Gasteiger partial charge is 0.488 e. The van der Waals surface area contributed by atoms with Crippen molar-refractivity contribution >= 4 is 40.9 Å². The highest BCUT2D eigenvalue weighted by Gasteiger charge is 2.33. The third-order valence-electron chi connectivity index (χ3n) is 5.09. The minimum Gasteiger partial charge on any atom is -0.488 e. The van der Waals surface area contributed by atoms with Crippen LogP contribution >= 0.6 is 11.6 Å².